The number of rotatable bonds is 4. The van der Waals surface area contributed by atoms with Crippen LogP contribution in [0.3, 0.4) is 0 Å². The highest BCUT2D eigenvalue weighted by Crippen LogP contribution is 2.25. The Labute approximate surface area is 133 Å². The van der Waals surface area contributed by atoms with Crippen molar-refractivity contribution in [2.75, 3.05) is 33.3 Å². The van der Waals surface area contributed by atoms with Crippen molar-refractivity contribution >= 4 is 26.8 Å². The molecule has 1 aliphatic rings. The van der Waals surface area contributed by atoms with E-state index in [9.17, 15) is 0 Å². The van der Waals surface area contributed by atoms with Crippen molar-refractivity contribution in [2.45, 2.75) is 12.6 Å². The summed E-state index contributed by atoms with van der Waals surface area (Å²) in [4.78, 5) is 6.84. The first-order valence-corrected chi connectivity index (χ1v) is 8.06. The zero-order valence-corrected chi connectivity index (χ0v) is 13.8. The second-order valence-electron chi connectivity index (χ2n) is 5.50. The molecule has 1 saturated heterocycles. The van der Waals surface area contributed by atoms with Gasteiger partial charge in [0.05, 0.1) is 18.2 Å². The largest absolute Gasteiger partial charge is 0.374 e. The highest BCUT2D eigenvalue weighted by molar-refractivity contribution is 9.10. The lowest BCUT2D eigenvalue weighted by atomic mass is 10.1. The summed E-state index contributed by atoms with van der Waals surface area (Å²) in [5.74, 6) is 0. The van der Waals surface area contributed by atoms with Crippen LogP contribution in [-0.2, 0) is 11.3 Å². The average molecular weight is 350 g/mol. The van der Waals surface area contributed by atoms with Crippen LogP contribution in [0.2, 0.25) is 0 Å². The number of hydrogen-bond acceptors (Lipinski definition) is 4. The van der Waals surface area contributed by atoms with Crippen LogP contribution in [0, 0.1) is 0 Å². The lowest BCUT2D eigenvalue weighted by Gasteiger charge is -2.28. The molecule has 2 heterocycles. The Morgan fingerprint density at radius 3 is 3.14 bits per heavy atom. The quantitative estimate of drug-likeness (QED) is 0.919. The molecule has 0 spiro atoms. The number of aromatic nitrogens is 1. The number of ether oxygens (including phenoxy) is 1. The molecule has 1 atom stereocenters. The Morgan fingerprint density at radius 1 is 1.43 bits per heavy atom. The summed E-state index contributed by atoms with van der Waals surface area (Å²) in [5.41, 5.74) is 2.32. The fourth-order valence-corrected chi connectivity index (χ4v) is 3.22. The van der Waals surface area contributed by atoms with Crippen molar-refractivity contribution in [3.8, 4) is 0 Å². The SMILES string of the molecule is CN(Cc1ccc(Br)c2cccnc12)CC1CNCCO1. The van der Waals surface area contributed by atoms with Gasteiger partial charge in [0.15, 0.2) is 0 Å². The number of halogens is 1. The molecule has 0 saturated carbocycles. The predicted molar refractivity (Wildman–Crippen MR) is 88.4 cm³/mol. The third-order valence-electron chi connectivity index (χ3n) is 3.76. The molecule has 5 heteroatoms. The van der Waals surface area contributed by atoms with Crippen LogP contribution in [0.15, 0.2) is 34.9 Å². The minimum Gasteiger partial charge on any atom is -0.374 e. The van der Waals surface area contributed by atoms with Gasteiger partial charge in [-0.2, -0.15) is 0 Å². The standard InChI is InChI=1S/C16H20BrN3O/c1-20(11-13-9-18-7-8-21-13)10-12-4-5-15(17)14-3-2-6-19-16(12)14/h2-6,13,18H,7-11H2,1H3. The molecule has 1 aliphatic heterocycles. The molecule has 1 aromatic heterocycles. The lowest BCUT2D eigenvalue weighted by Crippen LogP contribution is -2.44. The van der Waals surface area contributed by atoms with E-state index in [1.807, 2.05) is 12.3 Å². The number of pyridine rings is 1. The number of fused-ring (bicyclic) bond motifs is 1. The summed E-state index contributed by atoms with van der Waals surface area (Å²) in [6.45, 7) is 4.50. The van der Waals surface area contributed by atoms with Gasteiger partial charge in [0.25, 0.3) is 0 Å². The zero-order valence-electron chi connectivity index (χ0n) is 12.2. The summed E-state index contributed by atoms with van der Waals surface area (Å²) >= 11 is 3.60. The van der Waals surface area contributed by atoms with Crippen LogP contribution >= 0.6 is 15.9 Å². The first-order chi connectivity index (χ1) is 10.2. The van der Waals surface area contributed by atoms with Gasteiger partial charge < -0.3 is 10.1 Å². The molecule has 0 radical (unpaired) electrons. The van der Waals surface area contributed by atoms with E-state index in [2.05, 4.69) is 56.4 Å². The number of nitrogens with zero attached hydrogens (tertiary/aromatic N) is 2. The molecule has 1 fully saturated rings. The number of hydrogen-bond donors (Lipinski definition) is 1. The van der Waals surface area contributed by atoms with Gasteiger partial charge in [-0.3, -0.25) is 9.88 Å². The summed E-state index contributed by atoms with van der Waals surface area (Å²) in [5, 5.41) is 4.54. The molecule has 0 bridgehead atoms. The van der Waals surface area contributed by atoms with Crippen LogP contribution in [0.4, 0.5) is 0 Å². The summed E-state index contributed by atoms with van der Waals surface area (Å²) < 4.78 is 6.86. The van der Waals surface area contributed by atoms with Crippen LogP contribution < -0.4 is 5.32 Å². The molecule has 4 nitrogen and oxygen atoms in total. The van der Waals surface area contributed by atoms with E-state index in [1.165, 1.54) is 10.9 Å². The second kappa shape index (κ2) is 6.83. The highest BCUT2D eigenvalue weighted by atomic mass is 79.9. The van der Waals surface area contributed by atoms with Gasteiger partial charge in [-0.05, 0) is 24.7 Å². The molecule has 1 unspecified atom stereocenters. The highest BCUT2D eigenvalue weighted by Gasteiger charge is 2.16. The maximum absolute atomic E-state index is 5.77. The third-order valence-corrected chi connectivity index (χ3v) is 4.45. The van der Waals surface area contributed by atoms with Crippen LogP contribution in [0.25, 0.3) is 10.9 Å². The Balaban J connectivity index is 1.73. The second-order valence-corrected chi connectivity index (χ2v) is 6.35. The van der Waals surface area contributed by atoms with Gasteiger partial charge in [-0.1, -0.05) is 28.1 Å². The van der Waals surface area contributed by atoms with Crippen LogP contribution in [-0.4, -0.2) is 49.3 Å². The molecule has 1 N–H and O–H groups in total. The zero-order chi connectivity index (χ0) is 14.7. The lowest BCUT2D eigenvalue weighted by molar-refractivity contribution is 0.00890. The number of nitrogens with one attached hydrogen (secondary N) is 1. The van der Waals surface area contributed by atoms with Crippen LogP contribution in [0.1, 0.15) is 5.56 Å². The minimum atomic E-state index is 0.276. The molecule has 0 amide bonds. The maximum atomic E-state index is 5.77. The molecule has 3 rings (SSSR count). The fourth-order valence-electron chi connectivity index (χ4n) is 2.76. The normalized spacial score (nSPS) is 19.3. The fraction of sp³-hybridized carbons (Fsp3) is 0.438. The van der Waals surface area contributed by atoms with E-state index >= 15 is 0 Å². The maximum Gasteiger partial charge on any atom is 0.0826 e. The molecule has 21 heavy (non-hydrogen) atoms. The van der Waals surface area contributed by atoms with Gasteiger partial charge in [-0.25, -0.2) is 0 Å². The van der Waals surface area contributed by atoms with Crippen molar-refractivity contribution in [1.29, 1.82) is 0 Å². The van der Waals surface area contributed by atoms with E-state index in [-0.39, 0.29) is 6.10 Å². The van der Waals surface area contributed by atoms with E-state index in [0.29, 0.717) is 0 Å². The van der Waals surface area contributed by atoms with Crippen molar-refractivity contribution in [3.63, 3.8) is 0 Å². The molecule has 2 aromatic rings. The minimum absolute atomic E-state index is 0.276. The van der Waals surface area contributed by atoms with E-state index in [1.54, 1.807) is 0 Å². The van der Waals surface area contributed by atoms with Crippen molar-refractivity contribution in [3.05, 3.63) is 40.5 Å². The van der Waals surface area contributed by atoms with Gasteiger partial charge in [-0.15, -0.1) is 0 Å². The Bertz CT molecular complexity index is 613. The van der Waals surface area contributed by atoms with E-state index in [4.69, 9.17) is 4.74 Å². The average Bonchev–Trinajstić information content (AvgIpc) is 2.51. The number of benzene rings is 1. The third kappa shape index (κ3) is 3.61. The summed E-state index contributed by atoms with van der Waals surface area (Å²) in [6, 6.07) is 8.33. The van der Waals surface area contributed by atoms with Gasteiger partial charge in [0.1, 0.15) is 0 Å². The monoisotopic (exact) mass is 349 g/mol. The first kappa shape index (κ1) is 14.9. The molecule has 0 aliphatic carbocycles. The van der Waals surface area contributed by atoms with Gasteiger partial charge in [0, 0.05) is 42.2 Å². The molecular weight excluding hydrogens is 330 g/mol. The van der Waals surface area contributed by atoms with Crippen molar-refractivity contribution < 1.29 is 4.74 Å². The summed E-state index contributed by atoms with van der Waals surface area (Å²) in [7, 11) is 2.13. The Kier molecular flexibility index (Phi) is 4.85. The van der Waals surface area contributed by atoms with E-state index < -0.39 is 0 Å². The van der Waals surface area contributed by atoms with Gasteiger partial charge in [0.2, 0.25) is 0 Å². The summed E-state index contributed by atoms with van der Waals surface area (Å²) in [6.07, 6.45) is 2.13. The van der Waals surface area contributed by atoms with E-state index in [0.717, 1.165) is 42.8 Å². The van der Waals surface area contributed by atoms with Crippen molar-refractivity contribution in [2.24, 2.45) is 0 Å². The van der Waals surface area contributed by atoms with Crippen LogP contribution in [0.5, 0.6) is 0 Å². The topological polar surface area (TPSA) is 37.4 Å². The molecule has 1 aromatic carbocycles. The van der Waals surface area contributed by atoms with Crippen molar-refractivity contribution in [1.82, 2.24) is 15.2 Å². The number of likely N-dealkylation sites (N-methyl/N-ethyl adjacent to an activating group) is 1. The Morgan fingerprint density at radius 2 is 2.33 bits per heavy atom. The smallest absolute Gasteiger partial charge is 0.0826 e. The predicted octanol–water partition coefficient (Wildman–Crippen LogP) is 2.42. The Hall–Kier alpha value is -1.01. The first-order valence-electron chi connectivity index (χ1n) is 7.27. The van der Waals surface area contributed by atoms with Gasteiger partial charge >= 0.3 is 0 Å². The molecular formula is C16H20BrN3O. The number of morpholine rings is 1. The molecule has 112 valence electrons.